The Kier molecular flexibility index (Phi) is 6.25. The number of hydrogen-bond acceptors (Lipinski definition) is 4. The van der Waals surface area contributed by atoms with Crippen molar-refractivity contribution in [2.75, 3.05) is 0 Å². The van der Waals surface area contributed by atoms with E-state index >= 15 is 0 Å². The molecule has 0 bridgehead atoms. The van der Waals surface area contributed by atoms with Crippen LogP contribution in [0.15, 0.2) is 73.3 Å². The summed E-state index contributed by atoms with van der Waals surface area (Å²) in [5, 5.41) is 5.73. The first-order valence-corrected chi connectivity index (χ1v) is 11.8. The van der Waals surface area contributed by atoms with Crippen molar-refractivity contribution < 1.29 is 13.9 Å². The second-order valence-electron chi connectivity index (χ2n) is 7.96. The predicted octanol–water partition coefficient (Wildman–Crippen LogP) is 7.79. The third-order valence-corrected chi connectivity index (χ3v) is 6.81. The summed E-state index contributed by atoms with van der Waals surface area (Å²) in [6.45, 7) is 2.05. The van der Waals surface area contributed by atoms with Gasteiger partial charge in [0.15, 0.2) is 0 Å². The van der Waals surface area contributed by atoms with Crippen LogP contribution in [-0.2, 0) is 10.3 Å². The maximum Gasteiger partial charge on any atom is 0.147 e. The van der Waals surface area contributed by atoms with Crippen molar-refractivity contribution in [3.8, 4) is 11.5 Å². The van der Waals surface area contributed by atoms with Crippen LogP contribution < -0.4 is 4.74 Å². The van der Waals surface area contributed by atoms with Crippen LogP contribution in [-0.4, -0.2) is 14.8 Å². The molecule has 0 N–H and O–H groups in total. The molecule has 0 radical (unpaired) electrons. The average Bonchev–Trinajstić information content (AvgIpc) is 3.29. The number of ether oxygens (including phenoxy) is 2. The zero-order valence-corrected chi connectivity index (χ0v) is 20.2. The lowest BCUT2D eigenvalue weighted by atomic mass is 9.84. The molecular formula is C25H19Cl3FN3O2. The second kappa shape index (κ2) is 9.19. The molecule has 1 aliphatic rings. The maximum atomic E-state index is 13.7. The van der Waals surface area contributed by atoms with E-state index < -0.39 is 5.60 Å². The first-order chi connectivity index (χ1) is 16.4. The minimum atomic E-state index is -0.776. The van der Waals surface area contributed by atoms with E-state index in [1.165, 1.54) is 18.5 Å². The van der Waals surface area contributed by atoms with Gasteiger partial charge in [-0.25, -0.2) is 14.1 Å². The normalized spacial score (nSPS) is 20.2. The third kappa shape index (κ3) is 4.16. The number of aromatic nitrogens is 3. The topological polar surface area (TPSA) is 52.5 Å². The Hall–Kier alpha value is -2.64. The number of nitrogens with zero attached hydrogens (tertiary/aromatic N) is 3. The zero-order valence-electron chi connectivity index (χ0n) is 18.0. The molecule has 3 aromatic carbocycles. The highest BCUT2D eigenvalue weighted by atomic mass is 35.5. The molecule has 174 valence electrons. The van der Waals surface area contributed by atoms with Crippen LogP contribution in [0.4, 0.5) is 4.39 Å². The molecule has 1 aromatic heterocycles. The van der Waals surface area contributed by atoms with Gasteiger partial charge in [-0.3, -0.25) is 0 Å². The van der Waals surface area contributed by atoms with Crippen molar-refractivity contribution in [3.05, 3.63) is 105 Å². The van der Waals surface area contributed by atoms with Gasteiger partial charge in [-0.2, -0.15) is 5.10 Å². The molecule has 34 heavy (non-hydrogen) atoms. The van der Waals surface area contributed by atoms with E-state index in [0.717, 1.165) is 11.1 Å². The molecule has 1 saturated heterocycles. The van der Waals surface area contributed by atoms with E-state index in [4.69, 9.17) is 44.3 Å². The van der Waals surface area contributed by atoms with E-state index in [9.17, 15) is 4.39 Å². The van der Waals surface area contributed by atoms with Gasteiger partial charge in [0.05, 0.1) is 16.1 Å². The number of epoxide rings is 1. The number of hydrogen-bond donors (Lipinski definition) is 0. The van der Waals surface area contributed by atoms with Crippen LogP contribution in [0.5, 0.6) is 11.5 Å². The van der Waals surface area contributed by atoms with Crippen molar-refractivity contribution in [2.45, 2.75) is 31.1 Å². The molecule has 4 aromatic rings. The molecule has 5 nitrogen and oxygen atoms in total. The molecule has 3 unspecified atom stereocenters. The monoisotopic (exact) mass is 517 g/mol. The van der Waals surface area contributed by atoms with Crippen molar-refractivity contribution >= 4 is 34.8 Å². The Bertz CT molecular complexity index is 1320. The molecule has 2 heterocycles. The van der Waals surface area contributed by atoms with E-state index in [1.807, 2.05) is 13.0 Å². The van der Waals surface area contributed by atoms with E-state index in [1.54, 1.807) is 53.5 Å². The van der Waals surface area contributed by atoms with Crippen LogP contribution in [0.1, 0.15) is 36.6 Å². The first kappa shape index (κ1) is 23.1. The fourth-order valence-electron chi connectivity index (χ4n) is 4.37. The molecule has 5 rings (SSSR count). The fraction of sp³-hybridized carbons (Fsp3) is 0.200. The highest BCUT2D eigenvalue weighted by molar-refractivity contribution is 6.35. The molecular weight excluding hydrogens is 500 g/mol. The summed E-state index contributed by atoms with van der Waals surface area (Å²) >= 11 is 18.9. The van der Waals surface area contributed by atoms with Crippen LogP contribution in [0.25, 0.3) is 0 Å². The summed E-state index contributed by atoms with van der Waals surface area (Å²) in [4.78, 5) is 4.09. The first-order valence-electron chi connectivity index (χ1n) is 10.6. The zero-order chi connectivity index (χ0) is 23.9. The Morgan fingerprint density at radius 1 is 1.06 bits per heavy atom. The highest BCUT2D eigenvalue weighted by Gasteiger charge is 2.64. The van der Waals surface area contributed by atoms with E-state index in [0.29, 0.717) is 33.0 Å². The van der Waals surface area contributed by atoms with E-state index in [-0.39, 0.29) is 18.0 Å². The van der Waals surface area contributed by atoms with Crippen molar-refractivity contribution in [3.63, 3.8) is 0 Å². The van der Waals surface area contributed by atoms with E-state index in [2.05, 4.69) is 10.1 Å². The van der Waals surface area contributed by atoms with Gasteiger partial charge < -0.3 is 9.47 Å². The summed E-state index contributed by atoms with van der Waals surface area (Å²) in [7, 11) is 0. The lowest BCUT2D eigenvalue weighted by Gasteiger charge is -2.24. The van der Waals surface area contributed by atoms with Crippen LogP contribution in [0, 0.1) is 5.82 Å². The van der Waals surface area contributed by atoms with Gasteiger partial charge in [0.1, 0.15) is 41.7 Å². The van der Waals surface area contributed by atoms with Crippen LogP contribution in [0.2, 0.25) is 15.1 Å². The molecule has 0 saturated carbocycles. The van der Waals surface area contributed by atoms with Gasteiger partial charge in [-0.15, -0.1) is 0 Å². The third-order valence-electron chi connectivity index (χ3n) is 5.95. The quantitative estimate of drug-likeness (QED) is 0.234. The SMILES string of the molecule is CCC(n1cncn1)C1(c2ccc(F)cc2)OC1c1ccc(Oc2ccc(Cl)cc2Cl)cc1Cl. The smallest absolute Gasteiger partial charge is 0.147 e. The van der Waals surface area contributed by atoms with Gasteiger partial charge in [0.25, 0.3) is 0 Å². The number of benzene rings is 3. The van der Waals surface area contributed by atoms with Crippen molar-refractivity contribution in [1.82, 2.24) is 14.8 Å². The lowest BCUT2D eigenvalue weighted by Crippen LogP contribution is -2.26. The van der Waals surface area contributed by atoms with Crippen molar-refractivity contribution in [1.29, 1.82) is 0 Å². The number of halogens is 4. The van der Waals surface area contributed by atoms with Gasteiger partial charge in [0, 0.05) is 10.6 Å². The Labute approximate surface area is 211 Å². The highest BCUT2D eigenvalue weighted by Crippen LogP contribution is 2.64. The molecule has 0 amide bonds. The molecule has 9 heteroatoms. The molecule has 0 aliphatic carbocycles. The summed E-state index contributed by atoms with van der Waals surface area (Å²) in [5.41, 5.74) is 0.853. The van der Waals surface area contributed by atoms with Crippen molar-refractivity contribution in [2.24, 2.45) is 0 Å². The Morgan fingerprint density at radius 2 is 1.85 bits per heavy atom. The largest absolute Gasteiger partial charge is 0.456 e. The van der Waals surface area contributed by atoms with Gasteiger partial charge >= 0.3 is 0 Å². The fourth-order valence-corrected chi connectivity index (χ4v) is 5.08. The molecule has 1 fully saturated rings. The minimum absolute atomic E-state index is 0.176. The number of rotatable bonds is 7. The maximum absolute atomic E-state index is 13.7. The van der Waals surface area contributed by atoms with Gasteiger partial charge in [-0.05, 0) is 54.4 Å². The van der Waals surface area contributed by atoms with Gasteiger partial charge in [0.2, 0.25) is 0 Å². The summed E-state index contributed by atoms with van der Waals surface area (Å²) in [6.07, 6.45) is 3.49. The summed E-state index contributed by atoms with van der Waals surface area (Å²) in [6, 6.07) is 16.6. The second-order valence-corrected chi connectivity index (χ2v) is 9.21. The molecule has 0 spiro atoms. The lowest BCUT2D eigenvalue weighted by molar-refractivity contribution is 0.200. The van der Waals surface area contributed by atoms with Crippen LogP contribution >= 0.6 is 34.8 Å². The average molecular weight is 519 g/mol. The molecule has 3 atom stereocenters. The minimum Gasteiger partial charge on any atom is -0.456 e. The standard InChI is InChI=1S/C25H19Cl3FN3O2/c1-2-23(32-14-30-13-31-32)25(15-3-6-17(29)7-4-15)24(34-25)19-9-8-18(12-20(19)27)33-22-10-5-16(26)11-21(22)28/h3-14,23-24H,2H2,1H3. The summed E-state index contributed by atoms with van der Waals surface area (Å²) < 4.78 is 27.8. The van der Waals surface area contributed by atoms with Crippen LogP contribution in [0.3, 0.4) is 0 Å². The Morgan fingerprint density at radius 3 is 2.50 bits per heavy atom. The molecule has 1 aliphatic heterocycles. The summed E-state index contributed by atoms with van der Waals surface area (Å²) in [5.74, 6) is 0.676. The predicted molar refractivity (Wildman–Crippen MR) is 129 cm³/mol. The van der Waals surface area contributed by atoms with Gasteiger partial charge in [-0.1, -0.05) is 59.9 Å². The Balaban J connectivity index is 1.49.